The zero-order valence-corrected chi connectivity index (χ0v) is 10.9. The lowest BCUT2D eigenvalue weighted by Gasteiger charge is -2.54. The van der Waals surface area contributed by atoms with Gasteiger partial charge in [-0.05, 0) is 35.7 Å². The Kier molecular flexibility index (Phi) is 1.45. The molecule has 5 fully saturated rings. The third kappa shape index (κ3) is 0.739. The molecule has 0 amide bonds. The van der Waals surface area contributed by atoms with Crippen molar-refractivity contribution in [1.82, 2.24) is 0 Å². The third-order valence-corrected chi connectivity index (χ3v) is 7.64. The van der Waals surface area contributed by atoms with Gasteiger partial charge in [-0.15, -0.1) is 0 Å². The molecule has 5 saturated carbocycles. The molecular weight excluding hydrogens is 258 g/mol. The molecule has 0 aliphatic heterocycles. The zero-order chi connectivity index (χ0) is 13.4. The van der Waals surface area contributed by atoms with Crippen molar-refractivity contribution in [3.05, 3.63) is 35.9 Å². The van der Waals surface area contributed by atoms with Gasteiger partial charge in [-0.2, -0.15) is 0 Å². The molecule has 0 radical (unpaired) electrons. The van der Waals surface area contributed by atoms with Crippen LogP contribution in [-0.2, 0) is 5.60 Å². The monoisotopic (exact) mass is 274 g/mol. The largest absolute Gasteiger partial charge is 0.385 e. The number of rotatable bonds is 1. The highest BCUT2D eigenvalue weighted by atomic mass is 19.3. The number of alkyl halides is 2. The molecule has 9 atom stereocenters. The second-order valence-electron chi connectivity index (χ2n) is 7.69. The molecule has 5 aliphatic rings. The van der Waals surface area contributed by atoms with Crippen LogP contribution in [0, 0.1) is 47.3 Å². The number of aliphatic hydroxyl groups is 1. The fourth-order valence-electron chi connectivity index (χ4n) is 7.57. The maximum absolute atomic E-state index is 14.6. The van der Waals surface area contributed by atoms with Gasteiger partial charge in [0.1, 0.15) is 0 Å². The Morgan fingerprint density at radius 2 is 1.55 bits per heavy atom. The lowest BCUT2D eigenvalue weighted by Crippen LogP contribution is -2.59. The van der Waals surface area contributed by atoms with E-state index in [0.29, 0.717) is 11.8 Å². The number of hydrogen-bond donors (Lipinski definition) is 1. The van der Waals surface area contributed by atoms with Crippen LogP contribution >= 0.6 is 0 Å². The summed E-state index contributed by atoms with van der Waals surface area (Å²) in [6.07, 6.45) is 0.947. The molecule has 0 unspecified atom stereocenters. The minimum atomic E-state index is -2.52. The van der Waals surface area contributed by atoms with Crippen LogP contribution in [0.25, 0.3) is 0 Å². The normalized spacial score (nSPS) is 62.1. The maximum Gasteiger partial charge on any atom is 0.255 e. The molecule has 1 aromatic carbocycles. The SMILES string of the molecule is O[C@@]1(c2ccccc2)[C@H]2[C@H]3C[C@@H]4[C@@H]5[C@H]3[C@H]1[C@H]5C(F)(F)[C@H]42. The Labute approximate surface area is 116 Å². The summed E-state index contributed by atoms with van der Waals surface area (Å²) in [6, 6.07) is 9.62. The van der Waals surface area contributed by atoms with Gasteiger partial charge in [0.2, 0.25) is 0 Å². The minimum Gasteiger partial charge on any atom is -0.385 e. The molecule has 3 heteroatoms. The van der Waals surface area contributed by atoms with Crippen molar-refractivity contribution >= 4 is 0 Å². The van der Waals surface area contributed by atoms with Gasteiger partial charge in [-0.3, -0.25) is 0 Å². The first-order chi connectivity index (χ1) is 9.58. The molecular formula is C17H16F2O. The molecule has 104 valence electrons. The van der Waals surface area contributed by atoms with Crippen molar-refractivity contribution in [2.75, 3.05) is 0 Å². The number of halogens is 2. The van der Waals surface area contributed by atoms with Crippen LogP contribution in [0.5, 0.6) is 0 Å². The quantitative estimate of drug-likeness (QED) is 0.835. The average Bonchev–Trinajstić information content (AvgIpc) is 2.91. The summed E-state index contributed by atoms with van der Waals surface area (Å²) in [4.78, 5) is 0. The van der Waals surface area contributed by atoms with E-state index in [2.05, 4.69) is 0 Å². The van der Waals surface area contributed by atoms with Crippen molar-refractivity contribution in [2.24, 2.45) is 47.3 Å². The molecule has 2 bridgehead atoms. The number of hydrogen-bond acceptors (Lipinski definition) is 1. The molecule has 1 aromatic rings. The first-order valence-corrected chi connectivity index (χ1v) is 7.73. The van der Waals surface area contributed by atoms with Gasteiger partial charge in [0.05, 0.1) is 5.60 Å². The highest BCUT2D eigenvalue weighted by Gasteiger charge is 2.92. The van der Waals surface area contributed by atoms with Gasteiger partial charge in [0, 0.05) is 23.7 Å². The zero-order valence-electron chi connectivity index (χ0n) is 10.9. The Morgan fingerprint density at radius 1 is 0.900 bits per heavy atom. The average molecular weight is 274 g/mol. The van der Waals surface area contributed by atoms with E-state index in [9.17, 15) is 13.9 Å². The second-order valence-corrected chi connectivity index (χ2v) is 7.69. The Morgan fingerprint density at radius 3 is 2.30 bits per heavy atom. The van der Waals surface area contributed by atoms with Gasteiger partial charge < -0.3 is 5.11 Å². The molecule has 0 spiro atoms. The predicted octanol–water partition coefficient (Wildman–Crippen LogP) is 2.90. The fourth-order valence-corrected chi connectivity index (χ4v) is 7.57. The smallest absolute Gasteiger partial charge is 0.255 e. The number of fused-ring (bicyclic) bond motifs is 2. The van der Waals surface area contributed by atoms with Crippen molar-refractivity contribution in [3.63, 3.8) is 0 Å². The summed E-state index contributed by atoms with van der Waals surface area (Å²) in [5, 5.41) is 11.4. The van der Waals surface area contributed by atoms with Gasteiger partial charge in [0.25, 0.3) is 5.92 Å². The molecule has 5 aliphatic carbocycles. The van der Waals surface area contributed by atoms with E-state index in [1.54, 1.807) is 0 Å². The summed E-state index contributed by atoms with van der Waals surface area (Å²) < 4.78 is 29.3. The lowest BCUT2D eigenvalue weighted by molar-refractivity contribution is -0.238. The lowest BCUT2D eigenvalue weighted by atomic mass is 9.54. The van der Waals surface area contributed by atoms with Crippen LogP contribution in [0.2, 0.25) is 0 Å². The first-order valence-electron chi connectivity index (χ1n) is 7.73. The van der Waals surface area contributed by atoms with Crippen molar-refractivity contribution in [1.29, 1.82) is 0 Å². The predicted molar refractivity (Wildman–Crippen MR) is 67.8 cm³/mol. The van der Waals surface area contributed by atoms with Crippen molar-refractivity contribution < 1.29 is 13.9 Å². The Balaban J connectivity index is 1.62. The van der Waals surface area contributed by atoms with Crippen LogP contribution in [0.4, 0.5) is 8.78 Å². The molecule has 1 N–H and O–H groups in total. The Bertz CT molecular complexity index is 629. The van der Waals surface area contributed by atoms with E-state index in [1.165, 1.54) is 0 Å². The van der Waals surface area contributed by atoms with E-state index in [1.807, 2.05) is 30.3 Å². The molecule has 0 heterocycles. The first kappa shape index (κ1) is 10.7. The molecule has 6 rings (SSSR count). The molecule has 0 aromatic heterocycles. The van der Waals surface area contributed by atoms with Gasteiger partial charge >= 0.3 is 0 Å². The van der Waals surface area contributed by atoms with E-state index in [4.69, 9.17) is 0 Å². The second kappa shape index (κ2) is 2.70. The van der Waals surface area contributed by atoms with Crippen LogP contribution in [0.1, 0.15) is 12.0 Å². The highest BCUT2D eigenvalue weighted by molar-refractivity contribution is 5.41. The summed E-state index contributed by atoms with van der Waals surface area (Å²) >= 11 is 0. The summed E-state index contributed by atoms with van der Waals surface area (Å²) in [5.41, 5.74) is -0.0935. The Hall–Kier alpha value is -0.960. The van der Waals surface area contributed by atoms with Gasteiger partial charge in [-0.25, -0.2) is 8.78 Å². The van der Waals surface area contributed by atoms with E-state index >= 15 is 0 Å². The topological polar surface area (TPSA) is 20.2 Å². The number of benzene rings is 1. The molecule has 1 nitrogen and oxygen atoms in total. The fraction of sp³-hybridized carbons (Fsp3) is 0.647. The summed E-state index contributed by atoms with van der Waals surface area (Å²) in [7, 11) is 0. The van der Waals surface area contributed by atoms with E-state index in [0.717, 1.165) is 12.0 Å². The van der Waals surface area contributed by atoms with Gasteiger partial charge in [0.15, 0.2) is 0 Å². The molecule has 0 saturated heterocycles. The van der Waals surface area contributed by atoms with Crippen LogP contribution in [-0.4, -0.2) is 11.0 Å². The van der Waals surface area contributed by atoms with Crippen molar-refractivity contribution in [3.8, 4) is 0 Å². The van der Waals surface area contributed by atoms with E-state index in [-0.39, 0.29) is 23.7 Å². The molecule has 20 heavy (non-hydrogen) atoms. The minimum absolute atomic E-state index is 0.191. The van der Waals surface area contributed by atoms with Crippen LogP contribution in [0.15, 0.2) is 30.3 Å². The van der Waals surface area contributed by atoms with Crippen molar-refractivity contribution in [2.45, 2.75) is 17.9 Å². The van der Waals surface area contributed by atoms with Crippen LogP contribution < -0.4 is 0 Å². The summed E-state index contributed by atoms with van der Waals surface area (Å²) in [5.74, 6) is -2.85. The third-order valence-electron chi connectivity index (χ3n) is 7.64. The van der Waals surface area contributed by atoms with E-state index < -0.39 is 23.4 Å². The standard InChI is InChI=1S/C17H16F2O/c18-17(19)13-9-6-8-10-11(9)15(17)14(10)16(20,12(8)13)7-4-2-1-3-5-7/h1-5,8-15,20H,6H2/t8-,9+,10-,11+,12-,13+,14-,15-,16-/m0/s1. The van der Waals surface area contributed by atoms with Gasteiger partial charge in [-0.1, -0.05) is 30.3 Å². The maximum atomic E-state index is 14.6. The van der Waals surface area contributed by atoms with Crippen LogP contribution in [0.3, 0.4) is 0 Å². The highest BCUT2D eigenvalue weighted by Crippen LogP contribution is 2.89. The summed E-state index contributed by atoms with van der Waals surface area (Å²) in [6.45, 7) is 0.